The molecule has 5 nitrogen and oxygen atoms in total. The van der Waals surface area contributed by atoms with Crippen molar-refractivity contribution in [2.45, 2.75) is 33.1 Å². The number of amides is 2. The number of nitrogen functional groups attached to an aromatic ring is 1. The first-order valence-electron chi connectivity index (χ1n) is 9.46. The van der Waals surface area contributed by atoms with Gasteiger partial charge in [0, 0.05) is 30.0 Å². The average molecular weight is 365 g/mol. The third-order valence-electron chi connectivity index (χ3n) is 5.04. The molecule has 3 N–H and O–H groups in total. The standard InChI is InChI=1S/C22H27N3O2/c1-15-4-3-11-25(14-15)22(27)18-7-10-20(16(2)12-18)24-21(26)13-17-5-8-19(23)9-6-17/h5-10,12,15H,3-4,11,13-14,23H2,1-2H3,(H,24,26). The molecule has 0 bridgehead atoms. The highest BCUT2D eigenvalue weighted by atomic mass is 16.2. The van der Waals surface area contributed by atoms with Crippen LogP contribution < -0.4 is 11.1 Å². The second kappa shape index (κ2) is 8.25. The van der Waals surface area contributed by atoms with Gasteiger partial charge in [0.15, 0.2) is 0 Å². The molecule has 0 spiro atoms. The molecule has 0 aliphatic carbocycles. The molecule has 2 aromatic rings. The molecule has 1 atom stereocenters. The number of hydrogen-bond donors (Lipinski definition) is 2. The van der Waals surface area contributed by atoms with Crippen LogP contribution in [-0.4, -0.2) is 29.8 Å². The molecule has 1 heterocycles. The Morgan fingerprint density at radius 3 is 2.59 bits per heavy atom. The molecular formula is C22H27N3O2. The first-order valence-corrected chi connectivity index (χ1v) is 9.46. The number of likely N-dealkylation sites (tertiary alicyclic amines) is 1. The summed E-state index contributed by atoms with van der Waals surface area (Å²) in [5.41, 5.74) is 9.56. The first-order chi connectivity index (χ1) is 12.9. The monoisotopic (exact) mass is 365 g/mol. The fourth-order valence-corrected chi connectivity index (χ4v) is 3.51. The van der Waals surface area contributed by atoms with Crippen LogP contribution in [0.1, 0.15) is 41.3 Å². The minimum atomic E-state index is -0.0909. The number of anilines is 2. The number of piperidine rings is 1. The van der Waals surface area contributed by atoms with Gasteiger partial charge in [-0.3, -0.25) is 9.59 Å². The molecule has 2 aromatic carbocycles. The van der Waals surface area contributed by atoms with Crippen molar-refractivity contribution >= 4 is 23.2 Å². The Hall–Kier alpha value is -2.82. The van der Waals surface area contributed by atoms with Crippen molar-refractivity contribution in [1.82, 2.24) is 4.90 Å². The van der Waals surface area contributed by atoms with Crippen LogP contribution in [0.5, 0.6) is 0 Å². The van der Waals surface area contributed by atoms with Crippen molar-refractivity contribution in [2.24, 2.45) is 5.92 Å². The van der Waals surface area contributed by atoms with E-state index in [1.54, 1.807) is 18.2 Å². The quantitative estimate of drug-likeness (QED) is 0.813. The van der Waals surface area contributed by atoms with E-state index in [1.165, 1.54) is 6.42 Å². The van der Waals surface area contributed by atoms with Crippen LogP contribution in [0.3, 0.4) is 0 Å². The van der Waals surface area contributed by atoms with Crippen LogP contribution in [-0.2, 0) is 11.2 Å². The third kappa shape index (κ3) is 4.88. The van der Waals surface area contributed by atoms with Gasteiger partial charge in [-0.2, -0.15) is 0 Å². The highest BCUT2D eigenvalue weighted by molar-refractivity contribution is 5.97. The minimum absolute atomic E-state index is 0.0735. The van der Waals surface area contributed by atoms with Crippen molar-refractivity contribution < 1.29 is 9.59 Å². The maximum absolute atomic E-state index is 12.7. The zero-order valence-corrected chi connectivity index (χ0v) is 16.0. The topological polar surface area (TPSA) is 75.4 Å². The van der Waals surface area contributed by atoms with Gasteiger partial charge in [0.1, 0.15) is 0 Å². The smallest absolute Gasteiger partial charge is 0.253 e. The van der Waals surface area contributed by atoms with Crippen molar-refractivity contribution in [3.8, 4) is 0 Å². The third-order valence-corrected chi connectivity index (χ3v) is 5.04. The maximum Gasteiger partial charge on any atom is 0.253 e. The number of aryl methyl sites for hydroxylation is 1. The number of nitrogens with two attached hydrogens (primary N) is 1. The summed E-state index contributed by atoms with van der Waals surface area (Å²) in [5, 5.41) is 2.93. The summed E-state index contributed by atoms with van der Waals surface area (Å²) in [4.78, 5) is 27.0. The predicted octanol–water partition coefficient (Wildman–Crippen LogP) is 3.63. The van der Waals surface area contributed by atoms with Crippen molar-refractivity contribution in [1.29, 1.82) is 0 Å². The number of rotatable bonds is 4. The summed E-state index contributed by atoms with van der Waals surface area (Å²) < 4.78 is 0. The first kappa shape index (κ1) is 19.0. The lowest BCUT2D eigenvalue weighted by Crippen LogP contribution is -2.39. The molecule has 2 amide bonds. The molecule has 1 fully saturated rings. The molecule has 27 heavy (non-hydrogen) atoms. The Morgan fingerprint density at radius 1 is 1.19 bits per heavy atom. The van der Waals surface area contributed by atoms with Crippen LogP contribution in [0.2, 0.25) is 0 Å². The fourth-order valence-electron chi connectivity index (χ4n) is 3.51. The summed E-state index contributed by atoms with van der Waals surface area (Å²) in [7, 11) is 0. The van der Waals surface area contributed by atoms with Crippen LogP contribution in [0.25, 0.3) is 0 Å². The van der Waals surface area contributed by atoms with Crippen molar-refractivity contribution in [2.75, 3.05) is 24.1 Å². The van der Waals surface area contributed by atoms with E-state index in [1.807, 2.05) is 36.1 Å². The summed E-state index contributed by atoms with van der Waals surface area (Å²) in [5.74, 6) is 0.534. The van der Waals surface area contributed by atoms with Gasteiger partial charge in [-0.15, -0.1) is 0 Å². The molecule has 5 heteroatoms. The van der Waals surface area contributed by atoms with Gasteiger partial charge in [0.25, 0.3) is 5.91 Å². The van der Waals surface area contributed by atoms with Crippen molar-refractivity contribution in [3.05, 3.63) is 59.2 Å². The Bertz CT molecular complexity index is 830. The summed E-state index contributed by atoms with van der Waals surface area (Å²) in [6.45, 7) is 5.74. The molecule has 0 saturated carbocycles. The van der Waals surface area contributed by atoms with Gasteiger partial charge in [-0.25, -0.2) is 0 Å². The van der Waals surface area contributed by atoms with Gasteiger partial charge in [-0.05, 0) is 67.1 Å². The number of hydrogen-bond acceptors (Lipinski definition) is 3. The van der Waals surface area contributed by atoms with Gasteiger partial charge in [-0.1, -0.05) is 19.1 Å². The van der Waals surface area contributed by atoms with Gasteiger partial charge < -0.3 is 16.0 Å². The van der Waals surface area contributed by atoms with Crippen LogP contribution in [0, 0.1) is 12.8 Å². The normalized spacial score (nSPS) is 16.8. The van der Waals surface area contributed by atoms with E-state index in [0.29, 0.717) is 17.2 Å². The lowest BCUT2D eigenvalue weighted by atomic mass is 9.99. The van der Waals surface area contributed by atoms with E-state index in [4.69, 9.17) is 5.73 Å². The van der Waals surface area contributed by atoms with Crippen LogP contribution in [0.4, 0.5) is 11.4 Å². The maximum atomic E-state index is 12.7. The van der Waals surface area contributed by atoms with E-state index < -0.39 is 0 Å². The van der Waals surface area contributed by atoms with Gasteiger partial charge >= 0.3 is 0 Å². The highest BCUT2D eigenvalue weighted by Gasteiger charge is 2.22. The van der Waals surface area contributed by atoms with Gasteiger partial charge in [0.2, 0.25) is 5.91 Å². The molecule has 0 aromatic heterocycles. The lowest BCUT2D eigenvalue weighted by Gasteiger charge is -2.31. The number of benzene rings is 2. The molecule has 1 saturated heterocycles. The zero-order valence-electron chi connectivity index (χ0n) is 16.0. The van der Waals surface area contributed by atoms with Crippen LogP contribution >= 0.6 is 0 Å². The number of nitrogens with zero attached hydrogens (tertiary/aromatic N) is 1. The van der Waals surface area contributed by atoms with Gasteiger partial charge in [0.05, 0.1) is 6.42 Å². The van der Waals surface area contributed by atoms with Crippen molar-refractivity contribution in [3.63, 3.8) is 0 Å². The van der Waals surface area contributed by atoms with Crippen LogP contribution in [0.15, 0.2) is 42.5 Å². The predicted molar refractivity (Wildman–Crippen MR) is 109 cm³/mol. The van der Waals surface area contributed by atoms with E-state index in [9.17, 15) is 9.59 Å². The lowest BCUT2D eigenvalue weighted by molar-refractivity contribution is -0.115. The number of nitrogens with one attached hydrogen (secondary N) is 1. The average Bonchev–Trinajstić information content (AvgIpc) is 2.64. The largest absolute Gasteiger partial charge is 0.399 e. The van der Waals surface area contributed by atoms with E-state index in [2.05, 4.69) is 12.2 Å². The molecule has 3 rings (SSSR count). The SMILES string of the molecule is Cc1cc(C(=O)N2CCCC(C)C2)ccc1NC(=O)Cc1ccc(N)cc1. The fraction of sp³-hybridized carbons (Fsp3) is 0.364. The Labute approximate surface area is 160 Å². The molecule has 1 aliphatic heterocycles. The summed E-state index contributed by atoms with van der Waals surface area (Å²) >= 11 is 0. The molecule has 1 unspecified atom stereocenters. The Morgan fingerprint density at radius 2 is 1.93 bits per heavy atom. The second-order valence-electron chi connectivity index (χ2n) is 7.49. The molecule has 142 valence electrons. The highest BCUT2D eigenvalue weighted by Crippen LogP contribution is 2.21. The van der Waals surface area contributed by atoms with E-state index in [-0.39, 0.29) is 18.2 Å². The molecule has 0 radical (unpaired) electrons. The summed E-state index contributed by atoms with van der Waals surface area (Å²) in [6.07, 6.45) is 2.53. The molecule has 1 aliphatic rings. The summed E-state index contributed by atoms with van der Waals surface area (Å²) in [6, 6.07) is 12.8. The second-order valence-corrected chi connectivity index (χ2v) is 7.49. The Balaban J connectivity index is 1.64. The van der Waals surface area contributed by atoms with E-state index in [0.717, 1.165) is 36.3 Å². The minimum Gasteiger partial charge on any atom is -0.399 e. The van der Waals surface area contributed by atoms with E-state index >= 15 is 0 Å². The number of carbonyl (C=O) groups is 2. The zero-order chi connectivity index (χ0) is 19.4. The Kier molecular flexibility index (Phi) is 5.79. The molecular weight excluding hydrogens is 338 g/mol. The number of carbonyl (C=O) groups excluding carboxylic acids is 2.